The Bertz CT molecular complexity index is 508. The molecule has 1 aromatic rings. The van der Waals surface area contributed by atoms with Crippen LogP contribution in [0.5, 0.6) is 0 Å². The molecule has 82 valence electrons. The van der Waals surface area contributed by atoms with Crippen molar-refractivity contribution in [1.82, 2.24) is 9.13 Å². The molecule has 0 spiro atoms. The minimum absolute atomic E-state index is 0.187. The minimum Gasteiger partial charge on any atom is -0.298 e. The third-order valence-electron chi connectivity index (χ3n) is 3.16. The van der Waals surface area contributed by atoms with Crippen molar-refractivity contribution in [3.63, 3.8) is 0 Å². The number of fused-ring (bicyclic) bond motifs is 1. The van der Waals surface area contributed by atoms with Crippen molar-refractivity contribution in [2.24, 2.45) is 12.5 Å². The average Bonchev–Trinajstić information content (AvgIpc) is 2.12. The SMILES string of the molecule is Cn1c(=O)cc2n(c1=O)CCC(C)(C)C2. The number of aromatic nitrogens is 2. The van der Waals surface area contributed by atoms with Gasteiger partial charge in [0.25, 0.3) is 5.56 Å². The summed E-state index contributed by atoms with van der Waals surface area (Å²) in [5.74, 6) is 0. The van der Waals surface area contributed by atoms with Crippen LogP contribution in [0.25, 0.3) is 0 Å². The molecule has 0 unspecified atom stereocenters. The second-order valence-corrected chi connectivity index (χ2v) is 5.06. The van der Waals surface area contributed by atoms with Crippen molar-refractivity contribution < 1.29 is 0 Å². The van der Waals surface area contributed by atoms with Gasteiger partial charge in [-0.3, -0.25) is 13.9 Å². The van der Waals surface area contributed by atoms with Gasteiger partial charge in [0.1, 0.15) is 0 Å². The summed E-state index contributed by atoms with van der Waals surface area (Å²) < 4.78 is 2.88. The lowest BCUT2D eigenvalue weighted by Gasteiger charge is -2.31. The molecule has 0 amide bonds. The fraction of sp³-hybridized carbons (Fsp3) is 0.636. The van der Waals surface area contributed by atoms with Crippen molar-refractivity contribution in [2.75, 3.05) is 0 Å². The fourth-order valence-corrected chi connectivity index (χ4v) is 2.09. The normalized spacial score (nSPS) is 18.6. The molecule has 0 atom stereocenters. The first-order valence-electron chi connectivity index (χ1n) is 5.20. The van der Waals surface area contributed by atoms with E-state index in [2.05, 4.69) is 13.8 Å². The van der Waals surface area contributed by atoms with Crippen molar-refractivity contribution >= 4 is 0 Å². The molecule has 0 radical (unpaired) electrons. The summed E-state index contributed by atoms with van der Waals surface area (Å²) in [5.41, 5.74) is 0.676. The first-order chi connectivity index (χ1) is 6.91. The number of nitrogens with zero attached hydrogens (tertiary/aromatic N) is 2. The third kappa shape index (κ3) is 1.64. The molecule has 0 fully saturated rings. The minimum atomic E-state index is -0.205. The second kappa shape index (κ2) is 3.08. The average molecular weight is 208 g/mol. The van der Waals surface area contributed by atoms with Crippen LogP contribution < -0.4 is 11.2 Å². The number of hydrogen-bond acceptors (Lipinski definition) is 2. The summed E-state index contributed by atoms with van der Waals surface area (Å²) in [6, 6.07) is 1.59. The van der Waals surface area contributed by atoms with E-state index in [1.807, 2.05) is 0 Å². The van der Waals surface area contributed by atoms with Crippen LogP contribution in [0.4, 0.5) is 0 Å². The zero-order valence-electron chi connectivity index (χ0n) is 9.41. The maximum Gasteiger partial charge on any atom is 0.330 e. The molecule has 0 aromatic carbocycles. The topological polar surface area (TPSA) is 44.0 Å². The molecular formula is C11H16N2O2. The molecule has 0 N–H and O–H groups in total. The smallest absolute Gasteiger partial charge is 0.298 e. The molecular weight excluding hydrogens is 192 g/mol. The highest BCUT2D eigenvalue weighted by molar-refractivity contribution is 5.08. The number of rotatable bonds is 0. The zero-order valence-corrected chi connectivity index (χ0v) is 9.41. The molecule has 0 saturated carbocycles. The molecule has 15 heavy (non-hydrogen) atoms. The van der Waals surface area contributed by atoms with E-state index in [-0.39, 0.29) is 16.7 Å². The van der Waals surface area contributed by atoms with Crippen molar-refractivity contribution in [3.05, 3.63) is 32.6 Å². The largest absolute Gasteiger partial charge is 0.330 e. The van der Waals surface area contributed by atoms with Crippen LogP contribution in [0, 0.1) is 5.41 Å². The highest BCUT2D eigenvalue weighted by Crippen LogP contribution is 2.29. The summed E-state index contributed by atoms with van der Waals surface area (Å²) in [4.78, 5) is 23.2. The highest BCUT2D eigenvalue weighted by atomic mass is 16.2. The van der Waals surface area contributed by atoms with Gasteiger partial charge in [0, 0.05) is 25.4 Å². The van der Waals surface area contributed by atoms with Crippen LogP contribution in [-0.4, -0.2) is 9.13 Å². The molecule has 4 nitrogen and oxygen atoms in total. The zero-order chi connectivity index (χ0) is 11.2. The highest BCUT2D eigenvalue weighted by Gasteiger charge is 2.26. The van der Waals surface area contributed by atoms with Gasteiger partial charge in [0.05, 0.1) is 0 Å². The predicted octanol–water partition coefficient (Wildman–Crippen LogP) is 0.519. The van der Waals surface area contributed by atoms with Crippen LogP contribution in [-0.2, 0) is 20.0 Å². The summed E-state index contributed by atoms with van der Waals surface area (Å²) in [6.07, 6.45) is 1.79. The van der Waals surface area contributed by atoms with Crippen LogP contribution in [0.15, 0.2) is 15.7 Å². The van der Waals surface area contributed by atoms with E-state index in [4.69, 9.17) is 0 Å². The maximum absolute atomic E-state index is 11.8. The second-order valence-electron chi connectivity index (χ2n) is 5.06. The Morgan fingerprint density at radius 1 is 1.33 bits per heavy atom. The first-order valence-corrected chi connectivity index (χ1v) is 5.20. The van der Waals surface area contributed by atoms with Crippen molar-refractivity contribution in [1.29, 1.82) is 0 Å². The Hall–Kier alpha value is -1.32. The van der Waals surface area contributed by atoms with Gasteiger partial charge in [-0.15, -0.1) is 0 Å². The Balaban J connectivity index is 2.64. The molecule has 1 aliphatic heterocycles. The van der Waals surface area contributed by atoms with Crippen LogP contribution in [0.1, 0.15) is 26.0 Å². The summed E-state index contributed by atoms with van der Waals surface area (Å²) in [6.45, 7) is 5.05. The van der Waals surface area contributed by atoms with Gasteiger partial charge < -0.3 is 0 Å². The lowest BCUT2D eigenvalue weighted by Crippen LogP contribution is -2.43. The monoisotopic (exact) mass is 208 g/mol. The molecule has 0 aliphatic carbocycles. The lowest BCUT2D eigenvalue weighted by atomic mass is 9.82. The molecule has 2 heterocycles. The van der Waals surface area contributed by atoms with Crippen LogP contribution in [0.2, 0.25) is 0 Å². The van der Waals surface area contributed by atoms with E-state index in [0.29, 0.717) is 0 Å². The van der Waals surface area contributed by atoms with Crippen molar-refractivity contribution in [2.45, 2.75) is 33.2 Å². The van der Waals surface area contributed by atoms with Crippen molar-refractivity contribution in [3.8, 4) is 0 Å². The maximum atomic E-state index is 11.8. The van der Waals surface area contributed by atoms with E-state index in [1.54, 1.807) is 10.6 Å². The van der Waals surface area contributed by atoms with Gasteiger partial charge in [-0.2, -0.15) is 0 Å². The van der Waals surface area contributed by atoms with E-state index < -0.39 is 0 Å². The van der Waals surface area contributed by atoms with Gasteiger partial charge in [0.2, 0.25) is 0 Å². The van der Waals surface area contributed by atoms with Gasteiger partial charge >= 0.3 is 5.69 Å². The predicted molar refractivity (Wildman–Crippen MR) is 58.0 cm³/mol. The fourth-order valence-electron chi connectivity index (χ4n) is 2.09. The molecule has 1 aromatic heterocycles. The third-order valence-corrected chi connectivity index (χ3v) is 3.16. The summed E-state index contributed by atoms with van der Waals surface area (Å²) in [7, 11) is 1.53. The Morgan fingerprint density at radius 2 is 2.00 bits per heavy atom. The number of hydrogen-bond donors (Lipinski definition) is 0. The molecule has 0 bridgehead atoms. The van der Waals surface area contributed by atoms with Gasteiger partial charge in [-0.05, 0) is 18.3 Å². The molecule has 1 aliphatic rings. The summed E-state index contributed by atoms with van der Waals surface area (Å²) in [5, 5.41) is 0. The standard InChI is InChI=1S/C11H16N2O2/c1-11(2)4-5-13-8(7-11)6-9(14)12(3)10(13)15/h6H,4-5,7H2,1-3H3. The van der Waals surface area contributed by atoms with Crippen LogP contribution in [0.3, 0.4) is 0 Å². The summed E-state index contributed by atoms with van der Waals surface area (Å²) >= 11 is 0. The van der Waals surface area contributed by atoms with E-state index >= 15 is 0 Å². The van der Waals surface area contributed by atoms with Gasteiger partial charge in [-0.1, -0.05) is 13.8 Å². The van der Waals surface area contributed by atoms with E-state index in [1.165, 1.54) is 11.6 Å². The van der Waals surface area contributed by atoms with E-state index in [9.17, 15) is 9.59 Å². The van der Waals surface area contributed by atoms with Crippen LogP contribution >= 0.6 is 0 Å². The van der Waals surface area contributed by atoms with Gasteiger partial charge in [-0.25, -0.2) is 4.79 Å². The molecule has 0 saturated heterocycles. The first kappa shape index (κ1) is 10.2. The van der Waals surface area contributed by atoms with Gasteiger partial charge in [0.15, 0.2) is 0 Å². The molecule has 2 rings (SSSR count). The quantitative estimate of drug-likeness (QED) is 0.624. The van der Waals surface area contributed by atoms with E-state index in [0.717, 1.165) is 25.1 Å². The molecule has 4 heteroatoms. The Kier molecular flexibility index (Phi) is 2.10. The Morgan fingerprint density at radius 3 is 2.67 bits per heavy atom. The lowest BCUT2D eigenvalue weighted by molar-refractivity contribution is 0.261. The Labute approximate surface area is 88.2 Å².